The van der Waals surface area contributed by atoms with Gasteiger partial charge < -0.3 is 15.4 Å². The molecule has 280 valence electrons. The molecule has 0 atom stereocenters. The molecule has 0 aliphatic carbocycles. The van der Waals surface area contributed by atoms with Crippen molar-refractivity contribution in [3.63, 3.8) is 0 Å². The highest BCUT2D eigenvalue weighted by molar-refractivity contribution is 7.89. The van der Waals surface area contributed by atoms with Crippen molar-refractivity contribution in [1.82, 2.24) is 29.8 Å². The number of ether oxygens (including phenoxy) is 1. The number of imide groups is 1. The van der Waals surface area contributed by atoms with Gasteiger partial charge in [0.2, 0.25) is 21.9 Å². The Balaban J connectivity index is 0.958. The van der Waals surface area contributed by atoms with Crippen LogP contribution in [0.2, 0.25) is 0 Å². The van der Waals surface area contributed by atoms with E-state index in [9.17, 15) is 18.0 Å². The molecular weight excluding hydrogens is 695 g/mol. The fourth-order valence-electron chi connectivity index (χ4n) is 6.14. The van der Waals surface area contributed by atoms with E-state index >= 15 is 0 Å². The van der Waals surface area contributed by atoms with Crippen LogP contribution in [0, 0.1) is 6.92 Å². The molecule has 4 aromatic rings. The topological polar surface area (TPSA) is 161 Å². The van der Waals surface area contributed by atoms with Crippen LogP contribution >= 0.6 is 0 Å². The normalized spacial score (nSPS) is 16.0. The third kappa shape index (κ3) is 10.3. The van der Waals surface area contributed by atoms with Gasteiger partial charge in [0.05, 0.1) is 4.90 Å². The first-order chi connectivity index (χ1) is 25.3. The summed E-state index contributed by atoms with van der Waals surface area (Å²) in [5.41, 5.74) is 3.50. The Hall–Kier alpha value is -5.09. The minimum Gasteiger partial charge on any atom is -0.492 e. The average molecular weight is 742 g/mol. The Morgan fingerprint density at radius 1 is 0.868 bits per heavy atom. The summed E-state index contributed by atoms with van der Waals surface area (Å²) in [5.74, 6) is 1.47. The molecule has 6 rings (SSSR count). The number of hydrogen-bond acceptors (Lipinski definition) is 11. The van der Waals surface area contributed by atoms with E-state index in [0.717, 1.165) is 67.5 Å². The highest BCUT2D eigenvalue weighted by atomic mass is 32.2. The summed E-state index contributed by atoms with van der Waals surface area (Å²) in [7, 11) is -3.69. The van der Waals surface area contributed by atoms with Gasteiger partial charge in [-0.3, -0.25) is 24.8 Å². The summed E-state index contributed by atoms with van der Waals surface area (Å²) in [4.78, 5) is 39.7. The van der Waals surface area contributed by atoms with Gasteiger partial charge in [0.15, 0.2) is 0 Å². The van der Waals surface area contributed by atoms with Crippen LogP contribution in [-0.2, 0) is 21.4 Å². The predicted molar refractivity (Wildman–Crippen MR) is 205 cm³/mol. The first-order valence-electron chi connectivity index (χ1n) is 17.7. The molecule has 0 saturated carbocycles. The number of hydrogen-bond donors (Lipinski definition) is 4. The molecule has 3 aromatic carbocycles. The lowest BCUT2D eigenvalue weighted by molar-refractivity contribution is -0.120. The van der Waals surface area contributed by atoms with E-state index in [-0.39, 0.29) is 16.8 Å². The maximum Gasteiger partial charge on any atom is 0.328 e. The van der Waals surface area contributed by atoms with Crippen LogP contribution in [0.5, 0.6) is 5.75 Å². The summed E-state index contributed by atoms with van der Waals surface area (Å²) in [6.07, 6.45) is 2.01. The third-order valence-electron chi connectivity index (χ3n) is 8.80. The van der Waals surface area contributed by atoms with Crippen molar-refractivity contribution in [1.29, 1.82) is 0 Å². The average Bonchev–Trinajstić information content (AvgIpc) is 3.11. The van der Waals surface area contributed by atoms with Crippen molar-refractivity contribution in [2.75, 3.05) is 61.4 Å². The van der Waals surface area contributed by atoms with Crippen LogP contribution < -0.4 is 30.3 Å². The molecule has 53 heavy (non-hydrogen) atoms. The second kappa shape index (κ2) is 16.3. The van der Waals surface area contributed by atoms with Crippen molar-refractivity contribution in [3.05, 3.63) is 90.1 Å². The van der Waals surface area contributed by atoms with Gasteiger partial charge in [0.25, 0.3) is 0 Å². The number of para-hydroxylation sites is 1. The molecule has 2 fully saturated rings. The number of aromatic nitrogens is 2. The molecule has 2 aliphatic heterocycles. The van der Waals surface area contributed by atoms with Gasteiger partial charge in [-0.2, -0.15) is 4.98 Å². The third-order valence-corrected chi connectivity index (χ3v) is 10.6. The van der Waals surface area contributed by atoms with Crippen molar-refractivity contribution < 1.29 is 22.7 Å². The van der Waals surface area contributed by atoms with Crippen molar-refractivity contribution >= 4 is 50.8 Å². The molecule has 0 bridgehead atoms. The maximum atomic E-state index is 12.9. The number of rotatable bonds is 13. The number of sulfonamides is 1. The lowest BCUT2D eigenvalue weighted by Crippen LogP contribution is -2.50. The summed E-state index contributed by atoms with van der Waals surface area (Å²) in [6, 6.07) is 21.8. The zero-order chi connectivity index (χ0) is 37.6. The molecule has 1 aromatic heterocycles. The van der Waals surface area contributed by atoms with Crippen LogP contribution in [0.3, 0.4) is 0 Å². The molecule has 3 heterocycles. The Morgan fingerprint density at radius 3 is 2.34 bits per heavy atom. The van der Waals surface area contributed by atoms with Gasteiger partial charge in [-0.1, -0.05) is 24.3 Å². The lowest BCUT2D eigenvalue weighted by atomic mass is 10.1. The van der Waals surface area contributed by atoms with Crippen molar-refractivity contribution in [2.24, 2.45) is 0 Å². The number of aryl methyl sites for hydroxylation is 1. The number of nitrogens with one attached hydrogen (secondary N) is 4. The standard InChI is InChI=1S/C38H47N9O5S/c1-27-25-39-36(43-35(27)40-30-9-7-10-32(24-30)53(50,51)44-38(2,3)4)41-29-12-14-31(15-13-29)52-23-22-45-18-20-46(21-19-45)26-28-8-5-6-11-33(28)47-17-16-34(48)42-37(47)49/h5-15,24-25,44H,16-23,26H2,1-4H3,(H,42,48,49)(H2,39,40,41,43). The van der Waals surface area contributed by atoms with Gasteiger partial charge in [0, 0.05) is 86.6 Å². The van der Waals surface area contributed by atoms with Crippen LogP contribution in [0.15, 0.2) is 83.9 Å². The number of carbonyl (C=O) groups excluding carboxylic acids is 2. The number of piperazine rings is 1. The Kier molecular flexibility index (Phi) is 11.6. The highest BCUT2D eigenvalue weighted by Gasteiger charge is 2.27. The fourth-order valence-corrected chi connectivity index (χ4v) is 7.60. The maximum absolute atomic E-state index is 12.9. The second-order valence-corrected chi connectivity index (χ2v) is 15.9. The van der Waals surface area contributed by atoms with Crippen LogP contribution in [-0.4, -0.2) is 91.5 Å². The number of anilines is 5. The summed E-state index contributed by atoms with van der Waals surface area (Å²) < 4.78 is 34.4. The largest absolute Gasteiger partial charge is 0.492 e. The molecule has 0 spiro atoms. The Labute approximate surface area is 311 Å². The van der Waals surface area contributed by atoms with Gasteiger partial charge in [-0.15, -0.1) is 0 Å². The number of benzene rings is 3. The molecule has 2 saturated heterocycles. The minimum atomic E-state index is -3.69. The molecule has 3 amide bonds. The van der Waals surface area contributed by atoms with Gasteiger partial charge in [0.1, 0.15) is 18.2 Å². The SMILES string of the molecule is Cc1cnc(Nc2ccc(OCCN3CCN(Cc4ccccc4N4CCC(=O)NC4=O)CC3)cc2)nc1Nc1cccc(S(=O)(=O)NC(C)(C)C)c1. The molecular formula is C38H47N9O5S. The molecule has 14 nitrogen and oxygen atoms in total. The van der Waals surface area contributed by atoms with E-state index in [4.69, 9.17) is 4.74 Å². The predicted octanol–water partition coefficient (Wildman–Crippen LogP) is 4.99. The van der Waals surface area contributed by atoms with Crippen LogP contribution in [0.1, 0.15) is 38.3 Å². The smallest absolute Gasteiger partial charge is 0.328 e. The molecule has 15 heteroatoms. The van der Waals surface area contributed by atoms with E-state index in [1.165, 1.54) is 0 Å². The molecule has 0 radical (unpaired) electrons. The lowest BCUT2D eigenvalue weighted by Gasteiger charge is -2.35. The first-order valence-corrected chi connectivity index (χ1v) is 19.2. The molecule has 4 N–H and O–H groups in total. The van der Waals surface area contributed by atoms with E-state index in [1.807, 2.05) is 55.5 Å². The van der Waals surface area contributed by atoms with Crippen LogP contribution in [0.25, 0.3) is 0 Å². The molecule has 2 aliphatic rings. The fraction of sp³-hybridized carbons (Fsp3) is 0.368. The second-order valence-electron chi connectivity index (χ2n) is 14.2. The zero-order valence-electron chi connectivity index (χ0n) is 30.6. The van der Waals surface area contributed by atoms with E-state index < -0.39 is 15.6 Å². The number of carbonyl (C=O) groups is 2. The van der Waals surface area contributed by atoms with Gasteiger partial charge >= 0.3 is 6.03 Å². The van der Waals surface area contributed by atoms with Crippen molar-refractivity contribution in [3.8, 4) is 5.75 Å². The number of nitrogens with zero attached hydrogens (tertiary/aromatic N) is 5. The monoisotopic (exact) mass is 741 g/mol. The van der Waals surface area contributed by atoms with Gasteiger partial charge in [-0.05, 0) is 81.8 Å². The zero-order valence-corrected chi connectivity index (χ0v) is 31.4. The van der Waals surface area contributed by atoms with E-state index in [2.05, 4.69) is 40.4 Å². The highest BCUT2D eigenvalue weighted by Crippen LogP contribution is 2.26. The number of amides is 3. The van der Waals surface area contributed by atoms with E-state index in [1.54, 1.807) is 56.1 Å². The van der Waals surface area contributed by atoms with Gasteiger partial charge in [-0.25, -0.2) is 22.9 Å². The quantitative estimate of drug-likeness (QED) is 0.146. The molecule has 0 unspecified atom stereocenters. The number of urea groups is 1. The Morgan fingerprint density at radius 2 is 1.60 bits per heavy atom. The summed E-state index contributed by atoms with van der Waals surface area (Å²) >= 11 is 0. The van der Waals surface area contributed by atoms with Crippen LogP contribution in [0.4, 0.5) is 33.6 Å². The minimum absolute atomic E-state index is 0.160. The summed E-state index contributed by atoms with van der Waals surface area (Å²) in [5, 5.41) is 8.88. The first kappa shape index (κ1) is 37.7. The van der Waals surface area contributed by atoms with Crippen molar-refractivity contribution in [2.45, 2.75) is 51.1 Å². The van der Waals surface area contributed by atoms with E-state index in [0.29, 0.717) is 37.0 Å². The Bertz CT molecular complexity index is 2030. The summed E-state index contributed by atoms with van der Waals surface area (Å²) in [6.45, 7) is 13.4.